The molecule has 1 fully saturated rings. The van der Waals surface area contributed by atoms with Crippen molar-refractivity contribution in [3.8, 4) is 0 Å². The molecular formula is C27H37N7O2S. The molecular weight excluding hydrogens is 486 g/mol. The summed E-state index contributed by atoms with van der Waals surface area (Å²) >= 11 is 1.23. The van der Waals surface area contributed by atoms with Crippen molar-refractivity contribution in [2.45, 2.75) is 19.8 Å². The van der Waals surface area contributed by atoms with Crippen molar-refractivity contribution in [3.05, 3.63) is 52.9 Å². The summed E-state index contributed by atoms with van der Waals surface area (Å²) in [5, 5.41) is 16.2. The van der Waals surface area contributed by atoms with E-state index < -0.39 is 0 Å². The third-order valence-electron chi connectivity index (χ3n) is 6.73. The Morgan fingerprint density at radius 2 is 1.84 bits per heavy atom. The molecule has 3 aromatic rings. The molecule has 0 saturated carbocycles. The molecule has 37 heavy (non-hydrogen) atoms. The fraction of sp³-hybridized carbons (Fsp3) is 0.407. The Balaban J connectivity index is 1.37. The minimum Gasteiger partial charge on any atom is -0.397 e. The fourth-order valence-corrected chi connectivity index (χ4v) is 5.17. The van der Waals surface area contributed by atoms with Crippen LogP contribution in [-0.2, 0) is 0 Å². The van der Waals surface area contributed by atoms with Gasteiger partial charge in [0.15, 0.2) is 5.13 Å². The topological polar surface area (TPSA) is 133 Å². The number of anilines is 6. The smallest absolute Gasteiger partial charge is 0.206 e. The zero-order valence-corrected chi connectivity index (χ0v) is 22.4. The molecule has 0 amide bonds. The van der Waals surface area contributed by atoms with Crippen LogP contribution in [0.2, 0.25) is 0 Å². The lowest BCUT2D eigenvalue weighted by molar-refractivity contribution is 0.104. The number of aliphatic hydroxyl groups excluding tert-OH is 1. The van der Waals surface area contributed by atoms with E-state index in [2.05, 4.69) is 51.5 Å². The van der Waals surface area contributed by atoms with Crippen LogP contribution in [0.15, 0.2) is 42.5 Å². The van der Waals surface area contributed by atoms with Crippen molar-refractivity contribution in [3.63, 3.8) is 0 Å². The number of thiazole rings is 1. The second-order valence-corrected chi connectivity index (χ2v) is 10.7. The number of rotatable bonds is 11. The fourth-order valence-electron chi connectivity index (χ4n) is 4.31. The summed E-state index contributed by atoms with van der Waals surface area (Å²) in [4.78, 5) is 22.6. The Morgan fingerprint density at radius 1 is 1.11 bits per heavy atom. The number of nitrogens with two attached hydrogens (primary N) is 2. The maximum absolute atomic E-state index is 13.2. The standard InChI is InChI=1S/C27H37N7O2S/c1-18(10-16-35)9-11-30-23-8-3-19(17-22(23)28)24(36)25-26(29)32-27(37-25)31-20-4-6-21(7-5-20)34-14-12-33(2)13-15-34/h3-8,17-18,30,35H,9-16,28-29H2,1-2H3,(H,31,32). The van der Waals surface area contributed by atoms with Gasteiger partial charge in [-0.25, -0.2) is 4.98 Å². The number of nitrogen functional groups attached to an aromatic ring is 2. The monoisotopic (exact) mass is 523 g/mol. The Bertz CT molecular complexity index is 1190. The molecule has 0 aliphatic carbocycles. The summed E-state index contributed by atoms with van der Waals surface area (Å²) in [5.41, 5.74) is 16.2. The Labute approximate surface area is 222 Å². The average molecular weight is 524 g/mol. The molecule has 0 spiro atoms. The number of benzene rings is 2. The molecule has 7 N–H and O–H groups in total. The van der Waals surface area contributed by atoms with E-state index >= 15 is 0 Å². The third kappa shape index (κ3) is 6.91. The molecule has 4 rings (SSSR count). The highest BCUT2D eigenvalue weighted by Crippen LogP contribution is 2.31. The number of carbonyl (C=O) groups excluding carboxylic acids is 1. The van der Waals surface area contributed by atoms with Crippen molar-refractivity contribution >= 4 is 50.8 Å². The first-order valence-corrected chi connectivity index (χ1v) is 13.5. The lowest BCUT2D eigenvalue weighted by Gasteiger charge is -2.34. The first-order chi connectivity index (χ1) is 17.8. The number of nitrogens with zero attached hydrogens (tertiary/aromatic N) is 3. The van der Waals surface area contributed by atoms with Crippen LogP contribution in [0.5, 0.6) is 0 Å². The van der Waals surface area contributed by atoms with Crippen molar-refractivity contribution in [2.75, 3.05) is 73.4 Å². The molecule has 198 valence electrons. The number of hydrogen-bond acceptors (Lipinski definition) is 10. The summed E-state index contributed by atoms with van der Waals surface area (Å²) in [6, 6.07) is 13.5. The SMILES string of the molecule is CC(CCO)CCNc1ccc(C(=O)c2sc(Nc3ccc(N4CCN(C)CC4)cc3)nc2N)cc1N. The quantitative estimate of drug-likeness (QED) is 0.188. The number of piperazine rings is 1. The summed E-state index contributed by atoms with van der Waals surface area (Å²) in [7, 11) is 2.15. The van der Waals surface area contributed by atoms with Gasteiger partial charge >= 0.3 is 0 Å². The number of aliphatic hydroxyl groups is 1. The van der Waals surface area contributed by atoms with E-state index in [1.54, 1.807) is 12.1 Å². The Hall–Kier alpha value is -3.34. The number of hydrogen-bond donors (Lipinski definition) is 5. The maximum Gasteiger partial charge on any atom is 0.206 e. The van der Waals surface area contributed by atoms with Gasteiger partial charge in [-0.05, 0) is 68.3 Å². The molecule has 0 bridgehead atoms. The van der Waals surface area contributed by atoms with Gasteiger partial charge in [0, 0.05) is 56.3 Å². The van der Waals surface area contributed by atoms with Crippen LogP contribution in [0.1, 0.15) is 35.0 Å². The highest BCUT2D eigenvalue weighted by atomic mass is 32.1. The highest BCUT2D eigenvalue weighted by molar-refractivity contribution is 7.18. The van der Waals surface area contributed by atoms with Gasteiger partial charge in [-0.2, -0.15) is 0 Å². The van der Waals surface area contributed by atoms with E-state index in [4.69, 9.17) is 16.6 Å². The highest BCUT2D eigenvalue weighted by Gasteiger charge is 2.19. The summed E-state index contributed by atoms with van der Waals surface area (Å²) in [6.45, 7) is 7.20. The molecule has 2 aromatic carbocycles. The van der Waals surface area contributed by atoms with Crippen LogP contribution in [0.25, 0.3) is 0 Å². The lowest BCUT2D eigenvalue weighted by atomic mass is 10.0. The zero-order chi connectivity index (χ0) is 26.4. The summed E-state index contributed by atoms with van der Waals surface area (Å²) in [5.74, 6) is 0.417. The molecule has 0 radical (unpaired) electrons. The van der Waals surface area contributed by atoms with E-state index in [9.17, 15) is 4.79 Å². The minimum absolute atomic E-state index is 0.196. The molecule has 10 heteroatoms. The van der Waals surface area contributed by atoms with Gasteiger partial charge in [-0.1, -0.05) is 18.3 Å². The van der Waals surface area contributed by atoms with Gasteiger partial charge in [0.1, 0.15) is 10.7 Å². The molecule has 9 nitrogen and oxygen atoms in total. The van der Waals surface area contributed by atoms with E-state index in [1.165, 1.54) is 17.0 Å². The van der Waals surface area contributed by atoms with E-state index in [0.717, 1.165) is 56.9 Å². The minimum atomic E-state index is -0.205. The number of ketones is 1. The van der Waals surface area contributed by atoms with E-state index in [-0.39, 0.29) is 18.2 Å². The second kappa shape index (κ2) is 12.3. The predicted octanol–water partition coefficient (Wildman–Crippen LogP) is 3.85. The van der Waals surface area contributed by atoms with E-state index in [0.29, 0.717) is 27.2 Å². The van der Waals surface area contributed by atoms with Crippen LogP contribution >= 0.6 is 11.3 Å². The molecule has 1 aliphatic rings. The lowest BCUT2D eigenvalue weighted by Crippen LogP contribution is -2.44. The largest absolute Gasteiger partial charge is 0.397 e. The molecule has 1 unspecified atom stereocenters. The Kier molecular flexibility index (Phi) is 8.86. The molecule has 1 saturated heterocycles. The molecule has 1 aromatic heterocycles. The zero-order valence-electron chi connectivity index (χ0n) is 21.5. The first kappa shape index (κ1) is 26.7. The van der Waals surface area contributed by atoms with Gasteiger partial charge in [-0.15, -0.1) is 0 Å². The normalized spacial score (nSPS) is 14.9. The van der Waals surface area contributed by atoms with Gasteiger partial charge < -0.3 is 37.0 Å². The number of aromatic nitrogens is 1. The molecule has 1 atom stereocenters. The van der Waals surface area contributed by atoms with Crippen LogP contribution < -0.4 is 27.0 Å². The van der Waals surface area contributed by atoms with Crippen LogP contribution in [-0.4, -0.2) is 67.2 Å². The number of likely N-dealkylation sites (N-methyl/N-ethyl adjacent to an activating group) is 1. The van der Waals surface area contributed by atoms with Crippen molar-refractivity contribution in [1.82, 2.24) is 9.88 Å². The number of nitrogens with one attached hydrogen (secondary N) is 2. The van der Waals surface area contributed by atoms with Crippen molar-refractivity contribution in [1.29, 1.82) is 0 Å². The maximum atomic E-state index is 13.2. The predicted molar refractivity (Wildman–Crippen MR) is 154 cm³/mol. The van der Waals surface area contributed by atoms with Gasteiger partial charge in [0.2, 0.25) is 5.78 Å². The third-order valence-corrected chi connectivity index (χ3v) is 7.72. The molecule has 2 heterocycles. The second-order valence-electron chi connectivity index (χ2n) is 9.66. The van der Waals surface area contributed by atoms with Crippen molar-refractivity contribution < 1.29 is 9.90 Å². The van der Waals surface area contributed by atoms with Gasteiger partial charge in [0.05, 0.1) is 11.4 Å². The summed E-state index contributed by atoms with van der Waals surface area (Å²) in [6.07, 6.45) is 1.70. The summed E-state index contributed by atoms with van der Waals surface area (Å²) < 4.78 is 0. The molecule has 1 aliphatic heterocycles. The van der Waals surface area contributed by atoms with Gasteiger partial charge in [0.25, 0.3) is 0 Å². The van der Waals surface area contributed by atoms with Crippen molar-refractivity contribution in [2.24, 2.45) is 5.92 Å². The first-order valence-electron chi connectivity index (χ1n) is 12.7. The average Bonchev–Trinajstić information content (AvgIpc) is 3.25. The van der Waals surface area contributed by atoms with E-state index in [1.807, 2.05) is 18.2 Å². The number of carbonyl (C=O) groups is 1. The van der Waals surface area contributed by atoms with Gasteiger partial charge in [-0.3, -0.25) is 4.79 Å². The van der Waals surface area contributed by atoms with Crippen LogP contribution in [0.4, 0.5) is 33.7 Å². The van der Waals surface area contributed by atoms with Crippen LogP contribution in [0, 0.1) is 5.92 Å². The van der Waals surface area contributed by atoms with Crippen LogP contribution in [0.3, 0.4) is 0 Å². The Morgan fingerprint density at radius 3 is 2.51 bits per heavy atom.